The second-order valence-electron chi connectivity index (χ2n) is 5.57. The van der Waals surface area contributed by atoms with Gasteiger partial charge in [0.1, 0.15) is 11.6 Å². The van der Waals surface area contributed by atoms with E-state index in [2.05, 4.69) is 10.3 Å². The van der Waals surface area contributed by atoms with Crippen molar-refractivity contribution in [3.05, 3.63) is 64.8 Å². The molecule has 0 saturated heterocycles. The number of rotatable bonds is 5. The Kier molecular flexibility index (Phi) is 5.09. The van der Waals surface area contributed by atoms with Crippen molar-refractivity contribution in [1.82, 2.24) is 4.98 Å². The lowest BCUT2D eigenvalue weighted by molar-refractivity contribution is -0.115. The van der Waals surface area contributed by atoms with Crippen LogP contribution in [0.25, 0.3) is 11.3 Å². The number of benzene rings is 2. The highest BCUT2D eigenvalue weighted by Gasteiger charge is 2.10. The van der Waals surface area contributed by atoms with Crippen LogP contribution in [-0.2, 0) is 11.2 Å². The molecular weight excluding hydrogens is 339 g/mol. The maximum atomic E-state index is 13.0. The molecule has 0 aliphatic carbocycles. The molecule has 0 aliphatic heterocycles. The molecule has 25 heavy (non-hydrogen) atoms. The Bertz CT molecular complexity index is 891. The Morgan fingerprint density at radius 3 is 2.72 bits per heavy atom. The van der Waals surface area contributed by atoms with E-state index in [9.17, 15) is 9.18 Å². The fourth-order valence-corrected chi connectivity index (χ4v) is 3.14. The van der Waals surface area contributed by atoms with Gasteiger partial charge in [-0.1, -0.05) is 12.1 Å². The summed E-state index contributed by atoms with van der Waals surface area (Å²) in [5.41, 5.74) is 3.41. The molecule has 0 bridgehead atoms. The lowest BCUT2D eigenvalue weighted by Crippen LogP contribution is -2.14. The molecule has 0 saturated carbocycles. The first kappa shape index (κ1) is 17.1. The van der Waals surface area contributed by atoms with Crippen LogP contribution in [0, 0.1) is 12.7 Å². The van der Waals surface area contributed by atoms with E-state index in [0.717, 1.165) is 22.4 Å². The van der Waals surface area contributed by atoms with Crippen molar-refractivity contribution in [2.75, 3.05) is 12.4 Å². The van der Waals surface area contributed by atoms with Gasteiger partial charge in [-0.25, -0.2) is 9.37 Å². The van der Waals surface area contributed by atoms with Crippen LogP contribution in [0.2, 0.25) is 0 Å². The molecule has 0 radical (unpaired) electrons. The Balaban J connectivity index is 1.66. The van der Waals surface area contributed by atoms with E-state index in [1.807, 2.05) is 30.5 Å². The first-order valence-corrected chi connectivity index (χ1v) is 8.58. The molecule has 0 aliphatic rings. The molecule has 6 heteroatoms. The van der Waals surface area contributed by atoms with Crippen LogP contribution in [0.4, 0.5) is 9.52 Å². The van der Waals surface area contributed by atoms with E-state index in [0.29, 0.717) is 10.8 Å². The van der Waals surface area contributed by atoms with Crippen molar-refractivity contribution < 1.29 is 13.9 Å². The highest BCUT2D eigenvalue weighted by atomic mass is 32.1. The number of aryl methyl sites for hydroxylation is 1. The minimum atomic E-state index is -0.291. The maximum Gasteiger partial charge on any atom is 0.230 e. The van der Waals surface area contributed by atoms with Gasteiger partial charge in [0.2, 0.25) is 5.91 Å². The van der Waals surface area contributed by atoms with Gasteiger partial charge in [-0.3, -0.25) is 4.79 Å². The van der Waals surface area contributed by atoms with Gasteiger partial charge in [0.15, 0.2) is 5.13 Å². The highest BCUT2D eigenvalue weighted by Crippen LogP contribution is 2.25. The zero-order valence-corrected chi connectivity index (χ0v) is 14.7. The third-order valence-electron chi connectivity index (χ3n) is 3.73. The van der Waals surface area contributed by atoms with Crippen LogP contribution in [0.3, 0.4) is 0 Å². The number of aromatic nitrogens is 1. The normalized spacial score (nSPS) is 10.5. The number of carbonyl (C=O) groups excluding carboxylic acids is 1. The zero-order chi connectivity index (χ0) is 17.8. The van der Waals surface area contributed by atoms with Crippen molar-refractivity contribution in [2.45, 2.75) is 13.3 Å². The molecule has 1 N–H and O–H groups in total. The largest absolute Gasteiger partial charge is 0.496 e. The van der Waals surface area contributed by atoms with E-state index in [1.165, 1.54) is 23.5 Å². The molecule has 1 aromatic heterocycles. The van der Waals surface area contributed by atoms with Gasteiger partial charge < -0.3 is 10.1 Å². The van der Waals surface area contributed by atoms with Crippen LogP contribution in [0.15, 0.2) is 47.8 Å². The summed E-state index contributed by atoms with van der Waals surface area (Å²) in [5.74, 6) is 0.324. The third-order valence-corrected chi connectivity index (χ3v) is 4.49. The van der Waals surface area contributed by atoms with Crippen molar-refractivity contribution in [3.63, 3.8) is 0 Å². The third kappa shape index (κ3) is 4.22. The van der Waals surface area contributed by atoms with Crippen molar-refractivity contribution >= 4 is 22.4 Å². The first-order chi connectivity index (χ1) is 12.0. The maximum absolute atomic E-state index is 13.0. The number of nitrogens with one attached hydrogen (secondary N) is 1. The number of thiazole rings is 1. The van der Waals surface area contributed by atoms with Crippen LogP contribution in [-0.4, -0.2) is 18.0 Å². The molecular formula is C19H17FN2O2S. The Hall–Kier alpha value is -2.73. The van der Waals surface area contributed by atoms with E-state index < -0.39 is 0 Å². The number of hydrogen-bond acceptors (Lipinski definition) is 4. The van der Waals surface area contributed by atoms with Gasteiger partial charge in [-0.05, 0) is 48.4 Å². The summed E-state index contributed by atoms with van der Waals surface area (Å²) in [6.45, 7) is 1.95. The number of methoxy groups -OCH3 is 1. The van der Waals surface area contributed by atoms with Gasteiger partial charge in [0, 0.05) is 10.9 Å². The number of halogens is 1. The fraction of sp³-hybridized carbons (Fsp3) is 0.158. The van der Waals surface area contributed by atoms with Crippen molar-refractivity contribution in [3.8, 4) is 17.0 Å². The summed E-state index contributed by atoms with van der Waals surface area (Å²) in [6.07, 6.45) is 0.238. The molecule has 128 valence electrons. The molecule has 1 heterocycles. The predicted octanol–water partition coefficient (Wildman–Crippen LogP) is 4.45. The van der Waals surface area contributed by atoms with E-state index in [4.69, 9.17) is 4.74 Å². The summed E-state index contributed by atoms with van der Waals surface area (Å²) in [7, 11) is 1.61. The minimum absolute atomic E-state index is 0.147. The molecule has 3 rings (SSSR count). The molecule has 4 nitrogen and oxygen atoms in total. The zero-order valence-electron chi connectivity index (χ0n) is 13.9. The Labute approximate surface area is 149 Å². The van der Waals surface area contributed by atoms with E-state index >= 15 is 0 Å². The minimum Gasteiger partial charge on any atom is -0.496 e. The summed E-state index contributed by atoms with van der Waals surface area (Å²) in [5, 5.41) is 5.15. The topological polar surface area (TPSA) is 51.2 Å². The first-order valence-electron chi connectivity index (χ1n) is 7.70. The standard InChI is InChI=1S/C19H17FN2O2S/c1-12-3-4-13(9-17(12)24-2)10-18(23)22-19-21-16(11-25-19)14-5-7-15(20)8-6-14/h3-9,11H,10H2,1-2H3,(H,21,22,23). The molecule has 3 aromatic rings. The van der Waals surface area contributed by atoms with Gasteiger partial charge >= 0.3 is 0 Å². The fourth-order valence-electron chi connectivity index (χ4n) is 2.41. The predicted molar refractivity (Wildman–Crippen MR) is 97.6 cm³/mol. The second-order valence-corrected chi connectivity index (χ2v) is 6.43. The number of ether oxygens (including phenoxy) is 1. The second kappa shape index (κ2) is 7.44. The Morgan fingerprint density at radius 2 is 2.00 bits per heavy atom. The number of anilines is 1. The van der Waals surface area contributed by atoms with Gasteiger partial charge in [0.05, 0.1) is 19.2 Å². The number of carbonyl (C=O) groups is 1. The van der Waals surface area contributed by atoms with Gasteiger partial charge in [0.25, 0.3) is 0 Å². The molecule has 1 amide bonds. The van der Waals surface area contributed by atoms with Gasteiger partial charge in [-0.15, -0.1) is 11.3 Å². The number of amides is 1. The van der Waals surface area contributed by atoms with Gasteiger partial charge in [-0.2, -0.15) is 0 Å². The quantitative estimate of drug-likeness (QED) is 0.735. The average molecular weight is 356 g/mol. The van der Waals surface area contributed by atoms with Crippen molar-refractivity contribution in [2.24, 2.45) is 0 Å². The average Bonchev–Trinajstić information content (AvgIpc) is 3.05. The number of nitrogens with zero attached hydrogens (tertiary/aromatic N) is 1. The highest BCUT2D eigenvalue weighted by molar-refractivity contribution is 7.14. The summed E-state index contributed by atoms with van der Waals surface area (Å²) >= 11 is 1.34. The lowest BCUT2D eigenvalue weighted by Gasteiger charge is -2.07. The van der Waals surface area contributed by atoms with Crippen LogP contribution in [0.1, 0.15) is 11.1 Å². The summed E-state index contributed by atoms with van der Waals surface area (Å²) in [6, 6.07) is 11.8. The number of hydrogen-bond donors (Lipinski definition) is 1. The monoisotopic (exact) mass is 356 g/mol. The Morgan fingerprint density at radius 1 is 1.24 bits per heavy atom. The van der Waals surface area contributed by atoms with Crippen LogP contribution >= 0.6 is 11.3 Å². The SMILES string of the molecule is COc1cc(CC(=O)Nc2nc(-c3ccc(F)cc3)cs2)ccc1C. The van der Waals surface area contributed by atoms with Crippen LogP contribution < -0.4 is 10.1 Å². The molecule has 0 fully saturated rings. The smallest absolute Gasteiger partial charge is 0.230 e. The molecule has 0 unspecified atom stereocenters. The molecule has 0 atom stereocenters. The van der Waals surface area contributed by atoms with Crippen LogP contribution in [0.5, 0.6) is 5.75 Å². The molecule has 0 spiro atoms. The van der Waals surface area contributed by atoms with E-state index in [1.54, 1.807) is 19.2 Å². The van der Waals surface area contributed by atoms with Crippen molar-refractivity contribution in [1.29, 1.82) is 0 Å². The lowest BCUT2D eigenvalue weighted by atomic mass is 10.1. The summed E-state index contributed by atoms with van der Waals surface area (Å²) < 4.78 is 18.3. The summed E-state index contributed by atoms with van der Waals surface area (Å²) in [4.78, 5) is 16.6. The van der Waals surface area contributed by atoms with E-state index in [-0.39, 0.29) is 18.1 Å². The molecule has 2 aromatic carbocycles.